The Kier molecular flexibility index (Phi) is 6.77. The number of anilines is 1. The van der Waals surface area contributed by atoms with Gasteiger partial charge in [0, 0.05) is 24.3 Å². The van der Waals surface area contributed by atoms with Crippen molar-refractivity contribution in [1.82, 2.24) is 4.90 Å². The molecule has 1 fully saturated rings. The molecule has 0 aromatic heterocycles. The van der Waals surface area contributed by atoms with Crippen molar-refractivity contribution >= 4 is 17.5 Å². The number of carbonyl (C=O) groups excluding carboxylic acids is 2. The van der Waals surface area contributed by atoms with Gasteiger partial charge >= 0.3 is 0 Å². The molecule has 2 aromatic rings. The highest BCUT2D eigenvalue weighted by molar-refractivity contribution is 5.97. The quantitative estimate of drug-likeness (QED) is 0.789. The predicted molar refractivity (Wildman–Crippen MR) is 117 cm³/mol. The van der Waals surface area contributed by atoms with Crippen molar-refractivity contribution in [2.75, 3.05) is 25.0 Å². The summed E-state index contributed by atoms with van der Waals surface area (Å²) in [5.74, 6) is 0.314. The van der Waals surface area contributed by atoms with Gasteiger partial charge in [0.1, 0.15) is 5.75 Å². The Balaban J connectivity index is 1.60. The summed E-state index contributed by atoms with van der Waals surface area (Å²) in [6.45, 7) is 7.26. The number of nitrogens with one attached hydrogen (secondary N) is 1. The van der Waals surface area contributed by atoms with Gasteiger partial charge in [-0.3, -0.25) is 9.59 Å². The van der Waals surface area contributed by atoms with E-state index in [9.17, 15) is 14.7 Å². The molecule has 3 rings (SSSR count). The smallest absolute Gasteiger partial charge is 0.262 e. The lowest BCUT2D eigenvalue weighted by Crippen LogP contribution is -2.40. The summed E-state index contributed by atoms with van der Waals surface area (Å²) >= 11 is 0. The number of likely N-dealkylation sites (tertiary alicyclic amines) is 1. The number of para-hydroxylation sites is 1. The summed E-state index contributed by atoms with van der Waals surface area (Å²) in [6, 6.07) is 14.6. The summed E-state index contributed by atoms with van der Waals surface area (Å²) in [5.41, 5.74) is 2.02. The molecule has 1 aliphatic rings. The standard InChI is InChI=1S/C24H30N2O4/c1-24(2,3)20-9-4-5-10-21(20)30-16-22(28)25-18-8-6-7-17(15-18)23(29)26-13-11-19(27)12-14-26/h4-10,15,19,27H,11-14,16H2,1-3H3,(H,25,28). The number of nitrogens with zero attached hydrogens (tertiary/aromatic N) is 1. The molecule has 0 bridgehead atoms. The maximum absolute atomic E-state index is 12.7. The van der Waals surface area contributed by atoms with E-state index >= 15 is 0 Å². The molecular weight excluding hydrogens is 380 g/mol. The van der Waals surface area contributed by atoms with Gasteiger partial charge in [-0.2, -0.15) is 0 Å². The van der Waals surface area contributed by atoms with Crippen LogP contribution in [-0.4, -0.2) is 47.6 Å². The van der Waals surface area contributed by atoms with E-state index in [-0.39, 0.29) is 29.9 Å². The molecular formula is C24H30N2O4. The van der Waals surface area contributed by atoms with Crippen LogP contribution in [0, 0.1) is 0 Å². The molecule has 1 saturated heterocycles. The number of hydrogen-bond acceptors (Lipinski definition) is 4. The first kappa shape index (κ1) is 21.8. The zero-order chi connectivity index (χ0) is 21.7. The Morgan fingerprint density at radius 1 is 1.10 bits per heavy atom. The minimum atomic E-state index is -0.330. The van der Waals surface area contributed by atoms with E-state index in [2.05, 4.69) is 26.1 Å². The molecule has 1 aliphatic heterocycles. The number of amides is 2. The Morgan fingerprint density at radius 2 is 1.80 bits per heavy atom. The van der Waals surface area contributed by atoms with Crippen LogP contribution < -0.4 is 10.1 Å². The fourth-order valence-electron chi connectivity index (χ4n) is 3.53. The molecule has 1 heterocycles. The summed E-state index contributed by atoms with van der Waals surface area (Å²) in [5, 5.41) is 12.4. The minimum absolute atomic E-state index is 0.0895. The van der Waals surface area contributed by atoms with Crippen molar-refractivity contribution in [1.29, 1.82) is 0 Å². The third-order valence-corrected chi connectivity index (χ3v) is 5.20. The summed E-state index contributed by atoms with van der Waals surface area (Å²) in [6.07, 6.45) is 0.855. The average Bonchev–Trinajstić information content (AvgIpc) is 2.72. The third kappa shape index (κ3) is 5.60. The van der Waals surface area contributed by atoms with Gasteiger partial charge in [0.2, 0.25) is 0 Å². The van der Waals surface area contributed by atoms with Crippen LogP contribution in [0.4, 0.5) is 5.69 Å². The Bertz CT molecular complexity index is 896. The summed E-state index contributed by atoms with van der Waals surface area (Å²) in [4.78, 5) is 26.8. The monoisotopic (exact) mass is 410 g/mol. The number of ether oxygens (including phenoxy) is 1. The molecule has 0 saturated carbocycles. The Hall–Kier alpha value is -2.86. The molecule has 30 heavy (non-hydrogen) atoms. The van der Waals surface area contributed by atoms with E-state index in [1.165, 1.54) is 0 Å². The van der Waals surface area contributed by atoms with Crippen LogP contribution in [0.15, 0.2) is 48.5 Å². The first-order chi connectivity index (χ1) is 14.2. The molecule has 0 atom stereocenters. The highest BCUT2D eigenvalue weighted by Crippen LogP contribution is 2.30. The number of aliphatic hydroxyl groups excluding tert-OH is 1. The number of aliphatic hydroxyl groups is 1. The zero-order valence-corrected chi connectivity index (χ0v) is 17.9. The van der Waals surface area contributed by atoms with Crippen LogP contribution in [0.25, 0.3) is 0 Å². The summed E-state index contributed by atoms with van der Waals surface area (Å²) < 4.78 is 5.77. The predicted octanol–water partition coefficient (Wildman–Crippen LogP) is 3.60. The first-order valence-electron chi connectivity index (χ1n) is 10.3. The van der Waals surface area contributed by atoms with Gasteiger partial charge in [-0.15, -0.1) is 0 Å². The second-order valence-electron chi connectivity index (χ2n) is 8.69. The molecule has 0 radical (unpaired) electrons. The van der Waals surface area contributed by atoms with Gasteiger partial charge < -0.3 is 20.1 Å². The van der Waals surface area contributed by atoms with Gasteiger partial charge in [0.05, 0.1) is 6.10 Å². The molecule has 2 N–H and O–H groups in total. The number of hydrogen-bond donors (Lipinski definition) is 2. The van der Waals surface area contributed by atoms with Crippen molar-refractivity contribution in [2.45, 2.75) is 45.1 Å². The lowest BCUT2D eigenvalue weighted by molar-refractivity contribution is -0.118. The van der Waals surface area contributed by atoms with Gasteiger partial charge in [-0.05, 0) is 48.1 Å². The van der Waals surface area contributed by atoms with Gasteiger partial charge in [-0.1, -0.05) is 45.0 Å². The number of benzene rings is 2. The van der Waals surface area contributed by atoms with E-state index in [0.29, 0.717) is 42.9 Å². The van der Waals surface area contributed by atoms with Crippen LogP contribution in [0.3, 0.4) is 0 Å². The summed E-state index contributed by atoms with van der Waals surface area (Å²) in [7, 11) is 0. The van der Waals surface area contributed by atoms with E-state index < -0.39 is 0 Å². The first-order valence-corrected chi connectivity index (χ1v) is 10.3. The van der Waals surface area contributed by atoms with Crippen molar-refractivity contribution < 1.29 is 19.4 Å². The number of carbonyl (C=O) groups is 2. The number of rotatable bonds is 5. The van der Waals surface area contributed by atoms with Crippen LogP contribution in [0.2, 0.25) is 0 Å². The van der Waals surface area contributed by atoms with Crippen molar-refractivity contribution in [2.24, 2.45) is 0 Å². The minimum Gasteiger partial charge on any atom is -0.483 e. The topological polar surface area (TPSA) is 78.9 Å². The maximum Gasteiger partial charge on any atom is 0.262 e. The third-order valence-electron chi connectivity index (χ3n) is 5.20. The van der Waals surface area contributed by atoms with Crippen LogP contribution in [0.1, 0.15) is 49.5 Å². The molecule has 160 valence electrons. The molecule has 6 heteroatoms. The van der Waals surface area contributed by atoms with E-state index in [4.69, 9.17) is 4.74 Å². The van der Waals surface area contributed by atoms with Gasteiger partial charge in [0.15, 0.2) is 6.61 Å². The van der Waals surface area contributed by atoms with Crippen molar-refractivity contribution in [3.8, 4) is 5.75 Å². The van der Waals surface area contributed by atoms with E-state index in [0.717, 1.165) is 5.56 Å². The van der Waals surface area contributed by atoms with Crippen molar-refractivity contribution in [3.05, 3.63) is 59.7 Å². The molecule has 2 amide bonds. The SMILES string of the molecule is CC(C)(C)c1ccccc1OCC(=O)Nc1cccc(C(=O)N2CCC(O)CC2)c1. The molecule has 0 aliphatic carbocycles. The van der Waals surface area contributed by atoms with Gasteiger partial charge in [0.25, 0.3) is 11.8 Å². The zero-order valence-electron chi connectivity index (χ0n) is 17.9. The van der Waals surface area contributed by atoms with E-state index in [1.54, 1.807) is 29.2 Å². The normalized spacial score (nSPS) is 15.0. The van der Waals surface area contributed by atoms with Gasteiger partial charge in [-0.25, -0.2) is 0 Å². The lowest BCUT2D eigenvalue weighted by atomic mass is 9.86. The number of piperidine rings is 1. The molecule has 0 spiro atoms. The largest absolute Gasteiger partial charge is 0.483 e. The second kappa shape index (κ2) is 9.30. The fourth-order valence-corrected chi connectivity index (χ4v) is 3.53. The highest BCUT2D eigenvalue weighted by atomic mass is 16.5. The van der Waals surface area contributed by atoms with Crippen molar-refractivity contribution in [3.63, 3.8) is 0 Å². The lowest BCUT2D eigenvalue weighted by Gasteiger charge is -2.29. The van der Waals surface area contributed by atoms with Crippen LogP contribution in [0.5, 0.6) is 5.75 Å². The van der Waals surface area contributed by atoms with E-state index in [1.807, 2.05) is 24.3 Å². The molecule has 0 unspecified atom stereocenters. The highest BCUT2D eigenvalue weighted by Gasteiger charge is 2.23. The fraction of sp³-hybridized carbons (Fsp3) is 0.417. The van der Waals surface area contributed by atoms with Crippen LogP contribution >= 0.6 is 0 Å². The second-order valence-corrected chi connectivity index (χ2v) is 8.69. The average molecular weight is 411 g/mol. The Labute approximate surface area is 177 Å². The molecule has 2 aromatic carbocycles. The molecule has 6 nitrogen and oxygen atoms in total. The van der Waals surface area contributed by atoms with Crippen LogP contribution in [-0.2, 0) is 10.2 Å². The Morgan fingerprint density at radius 3 is 2.50 bits per heavy atom. The maximum atomic E-state index is 12.7.